The molecule has 3 N–H and O–H groups in total. The highest BCUT2D eigenvalue weighted by atomic mass is 16.6. The van der Waals surface area contributed by atoms with E-state index in [2.05, 4.69) is 16.5 Å². The van der Waals surface area contributed by atoms with Crippen LogP contribution in [0, 0.1) is 10.1 Å². The number of aromatic amines is 1. The van der Waals surface area contributed by atoms with Crippen LogP contribution in [0.25, 0.3) is 11.0 Å². The normalized spacial score (nSPS) is 10.5. The van der Waals surface area contributed by atoms with Crippen LogP contribution in [0.2, 0.25) is 0 Å². The molecule has 6 nitrogen and oxygen atoms in total. The second-order valence-electron chi connectivity index (χ2n) is 3.36. The zero-order valence-corrected chi connectivity index (χ0v) is 8.43. The Bertz CT molecular complexity index is 573. The van der Waals surface area contributed by atoms with Gasteiger partial charge in [0.15, 0.2) is 0 Å². The van der Waals surface area contributed by atoms with Gasteiger partial charge in [-0.3, -0.25) is 10.1 Å². The van der Waals surface area contributed by atoms with Crippen molar-refractivity contribution in [1.29, 1.82) is 0 Å². The minimum absolute atomic E-state index is 0.0428. The van der Waals surface area contributed by atoms with E-state index >= 15 is 0 Å². The molecule has 0 aliphatic heterocycles. The molecule has 0 spiro atoms. The Kier molecular flexibility index (Phi) is 2.32. The zero-order valence-electron chi connectivity index (χ0n) is 8.43. The highest BCUT2D eigenvalue weighted by Gasteiger charge is 2.12. The van der Waals surface area contributed by atoms with Crippen LogP contribution in [-0.2, 0) is 6.42 Å². The number of non-ortho nitro benzene ring substituents is 1. The fourth-order valence-corrected chi connectivity index (χ4v) is 1.52. The van der Waals surface area contributed by atoms with E-state index < -0.39 is 4.92 Å². The molecule has 6 heteroatoms. The summed E-state index contributed by atoms with van der Waals surface area (Å²) in [6, 6.07) is 2.73. The number of nitrogens with one attached hydrogen (secondary N) is 1. The van der Waals surface area contributed by atoms with Gasteiger partial charge < -0.3 is 10.7 Å². The second kappa shape index (κ2) is 3.65. The molecular weight excluding hydrogens is 208 g/mol. The number of aromatic nitrogens is 2. The third-order valence-corrected chi connectivity index (χ3v) is 2.20. The summed E-state index contributed by atoms with van der Waals surface area (Å²) in [6.45, 7) is 3.59. The smallest absolute Gasteiger partial charge is 0.273 e. The number of imidazole rings is 1. The number of hydrogen-bond donors (Lipinski definition) is 2. The molecule has 2 aromatic rings. The first-order chi connectivity index (χ1) is 7.61. The molecule has 0 atom stereocenters. The molecule has 0 saturated carbocycles. The summed E-state index contributed by atoms with van der Waals surface area (Å²) in [6.07, 6.45) is 2.27. The summed E-state index contributed by atoms with van der Waals surface area (Å²) in [5.41, 5.74) is 7.08. The topological polar surface area (TPSA) is 97.8 Å². The molecule has 0 bridgehead atoms. The van der Waals surface area contributed by atoms with Gasteiger partial charge in [0.1, 0.15) is 11.3 Å². The quantitative estimate of drug-likeness (QED) is 0.355. The average molecular weight is 218 g/mol. The second-order valence-corrected chi connectivity index (χ2v) is 3.36. The molecule has 1 aromatic carbocycles. The largest absolute Gasteiger partial charge is 0.397 e. The number of fused-ring (bicyclic) bond motifs is 1. The van der Waals surface area contributed by atoms with Gasteiger partial charge in [-0.25, -0.2) is 4.98 Å². The van der Waals surface area contributed by atoms with Crippen molar-refractivity contribution in [3.8, 4) is 0 Å². The Morgan fingerprint density at radius 1 is 1.62 bits per heavy atom. The molecule has 0 aliphatic rings. The molecule has 0 unspecified atom stereocenters. The molecule has 16 heavy (non-hydrogen) atoms. The predicted octanol–water partition coefficient (Wildman–Crippen LogP) is 1.78. The van der Waals surface area contributed by atoms with Gasteiger partial charge in [0.25, 0.3) is 5.69 Å². The molecule has 82 valence electrons. The highest BCUT2D eigenvalue weighted by molar-refractivity contribution is 5.89. The molecule has 1 heterocycles. The molecule has 0 fully saturated rings. The summed E-state index contributed by atoms with van der Waals surface area (Å²) >= 11 is 0. The SMILES string of the molecule is C=CCc1nc2c(N)cc([N+](=O)[O-])cc2[nH]1. The van der Waals surface area contributed by atoms with Crippen LogP contribution in [0.4, 0.5) is 11.4 Å². The Labute approximate surface area is 90.9 Å². The number of benzene rings is 1. The van der Waals surface area contributed by atoms with E-state index in [4.69, 9.17) is 5.73 Å². The number of nitro benzene ring substituents is 1. The predicted molar refractivity (Wildman–Crippen MR) is 61.1 cm³/mol. The lowest BCUT2D eigenvalue weighted by Crippen LogP contribution is -1.92. The van der Waals surface area contributed by atoms with Gasteiger partial charge in [0.2, 0.25) is 0 Å². The van der Waals surface area contributed by atoms with Crippen LogP contribution < -0.4 is 5.73 Å². The minimum Gasteiger partial charge on any atom is -0.397 e. The third kappa shape index (κ3) is 1.60. The molecule has 0 saturated heterocycles. The van der Waals surface area contributed by atoms with Gasteiger partial charge in [-0.1, -0.05) is 6.08 Å². The first-order valence-electron chi connectivity index (χ1n) is 4.65. The van der Waals surface area contributed by atoms with Gasteiger partial charge >= 0.3 is 0 Å². The number of H-pyrrole nitrogens is 1. The molecular formula is C10H10N4O2. The maximum atomic E-state index is 10.6. The van der Waals surface area contributed by atoms with Gasteiger partial charge in [0.05, 0.1) is 16.1 Å². The number of nitrogens with zero attached hydrogens (tertiary/aromatic N) is 2. The Morgan fingerprint density at radius 3 is 3.00 bits per heavy atom. The van der Waals surface area contributed by atoms with Crippen molar-refractivity contribution >= 4 is 22.4 Å². The number of rotatable bonds is 3. The lowest BCUT2D eigenvalue weighted by molar-refractivity contribution is -0.384. The van der Waals surface area contributed by atoms with E-state index in [1.807, 2.05) is 0 Å². The molecule has 1 aromatic heterocycles. The van der Waals surface area contributed by atoms with Crippen LogP contribution in [0.15, 0.2) is 24.8 Å². The Hall–Kier alpha value is -2.37. The van der Waals surface area contributed by atoms with Crippen LogP contribution >= 0.6 is 0 Å². The fourth-order valence-electron chi connectivity index (χ4n) is 1.52. The van der Waals surface area contributed by atoms with Gasteiger partial charge in [0, 0.05) is 18.6 Å². The van der Waals surface area contributed by atoms with E-state index in [-0.39, 0.29) is 5.69 Å². The molecule has 0 radical (unpaired) electrons. The monoisotopic (exact) mass is 218 g/mol. The number of nitrogen functional groups attached to an aromatic ring is 1. The van der Waals surface area contributed by atoms with Crippen molar-refractivity contribution in [3.05, 3.63) is 40.7 Å². The summed E-state index contributed by atoms with van der Waals surface area (Å²) in [4.78, 5) is 17.3. The van der Waals surface area contributed by atoms with Crippen LogP contribution in [0.3, 0.4) is 0 Å². The summed E-state index contributed by atoms with van der Waals surface area (Å²) in [5, 5.41) is 10.6. The van der Waals surface area contributed by atoms with E-state index in [9.17, 15) is 10.1 Å². The summed E-state index contributed by atoms with van der Waals surface area (Å²) < 4.78 is 0. The van der Waals surface area contributed by atoms with Crippen molar-refractivity contribution in [3.63, 3.8) is 0 Å². The van der Waals surface area contributed by atoms with E-state index in [0.717, 1.165) is 0 Å². The first-order valence-corrected chi connectivity index (χ1v) is 4.65. The van der Waals surface area contributed by atoms with Crippen molar-refractivity contribution < 1.29 is 4.92 Å². The Balaban J connectivity index is 2.62. The maximum absolute atomic E-state index is 10.6. The standard InChI is InChI=1S/C10H10N4O2/c1-2-3-9-12-8-5-6(14(15)16)4-7(11)10(8)13-9/h2,4-5H,1,3,11H2,(H,12,13). The number of anilines is 1. The van der Waals surface area contributed by atoms with Crippen molar-refractivity contribution in [2.45, 2.75) is 6.42 Å². The maximum Gasteiger partial charge on any atom is 0.273 e. The van der Waals surface area contributed by atoms with E-state index in [1.54, 1.807) is 6.08 Å². The fraction of sp³-hybridized carbons (Fsp3) is 0.100. The highest BCUT2D eigenvalue weighted by Crippen LogP contribution is 2.25. The van der Waals surface area contributed by atoms with Gasteiger partial charge in [-0.2, -0.15) is 0 Å². The number of nitro groups is 1. The lowest BCUT2D eigenvalue weighted by Gasteiger charge is -1.95. The van der Waals surface area contributed by atoms with Crippen molar-refractivity contribution in [2.75, 3.05) is 5.73 Å². The number of hydrogen-bond acceptors (Lipinski definition) is 4. The Morgan fingerprint density at radius 2 is 2.38 bits per heavy atom. The van der Waals surface area contributed by atoms with Gasteiger partial charge in [-0.05, 0) is 0 Å². The molecule has 0 aliphatic carbocycles. The lowest BCUT2D eigenvalue weighted by atomic mass is 10.2. The first kappa shape index (κ1) is 10.2. The van der Waals surface area contributed by atoms with Crippen molar-refractivity contribution in [1.82, 2.24) is 9.97 Å². The molecule has 2 rings (SSSR count). The van der Waals surface area contributed by atoms with Crippen molar-refractivity contribution in [2.24, 2.45) is 0 Å². The van der Waals surface area contributed by atoms with E-state index in [0.29, 0.717) is 29.0 Å². The van der Waals surface area contributed by atoms with Crippen LogP contribution in [-0.4, -0.2) is 14.9 Å². The minimum atomic E-state index is -0.482. The molecule has 0 amide bonds. The summed E-state index contributed by atoms with van der Waals surface area (Å²) in [7, 11) is 0. The number of allylic oxidation sites excluding steroid dienone is 1. The van der Waals surface area contributed by atoms with E-state index in [1.165, 1.54) is 12.1 Å². The van der Waals surface area contributed by atoms with Gasteiger partial charge in [-0.15, -0.1) is 6.58 Å². The third-order valence-electron chi connectivity index (χ3n) is 2.20. The van der Waals surface area contributed by atoms with Crippen LogP contribution in [0.5, 0.6) is 0 Å². The average Bonchev–Trinajstić information content (AvgIpc) is 2.61. The number of nitrogens with two attached hydrogens (primary N) is 1. The summed E-state index contributed by atoms with van der Waals surface area (Å²) in [5.74, 6) is 0.692. The van der Waals surface area contributed by atoms with Crippen LogP contribution in [0.1, 0.15) is 5.82 Å². The zero-order chi connectivity index (χ0) is 11.7.